The van der Waals surface area contributed by atoms with Gasteiger partial charge < -0.3 is 4.74 Å². The lowest BCUT2D eigenvalue weighted by molar-refractivity contribution is -0.140. The number of aryl methyl sites for hydroxylation is 2. The fourth-order valence-corrected chi connectivity index (χ4v) is 2.78. The van der Waals surface area contributed by atoms with E-state index in [0.717, 1.165) is 28.7 Å². The fourth-order valence-electron chi connectivity index (χ4n) is 2.78. The molecule has 1 aromatic carbocycles. The highest BCUT2D eigenvalue weighted by molar-refractivity contribution is 6.02. The predicted octanol–water partition coefficient (Wildman–Crippen LogP) is 2.54. The second-order valence-electron chi connectivity index (χ2n) is 4.83. The molecular weight excluding hydrogens is 228 g/mol. The van der Waals surface area contributed by atoms with E-state index in [9.17, 15) is 9.59 Å². The van der Waals surface area contributed by atoms with Gasteiger partial charge >= 0.3 is 5.97 Å². The number of carbonyl (C=O) groups is 2. The van der Waals surface area contributed by atoms with Gasteiger partial charge in [-0.2, -0.15) is 0 Å². The second-order valence-corrected chi connectivity index (χ2v) is 4.83. The fraction of sp³-hybridized carbons (Fsp3) is 0.467. The summed E-state index contributed by atoms with van der Waals surface area (Å²) in [6.07, 6.45) is 2.49. The second kappa shape index (κ2) is 4.92. The lowest BCUT2D eigenvalue weighted by Gasteiger charge is -2.13. The first kappa shape index (κ1) is 12.8. The molecule has 2 rings (SSSR count). The third-order valence-electron chi connectivity index (χ3n) is 3.72. The zero-order valence-electron chi connectivity index (χ0n) is 11.1. The van der Waals surface area contributed by atoms with Crippen LogP contribution >= 0.6 is 0 Å². The van der Waals surface area contributed by atoms with Gasteiger partial charge in [-0.3, -0.25) is 9.59 Å². The van der Waals surface area contributed by atoms with E-state index in [2.05, 4.69) is 10.8 Å². The van der Waals surface area contributed by atoms with Crippen molar-refractivity contribution in [3.63, 3.8) is 0 Å². The van der Waals surface area contributed by atoms with Gasteiger partial charge in [0.25, 0.3) is 0 Å². The average molecular weight is 246 g/mol. The highest BCUT2D eigenvalue weighted by Crippen LogP contribution is 2.30. The topological polar surface area (TPSA) is 43.4 Å². The molecule has 0 aromatic heterocycles. The maximum absolute atomic E-state index is 11.9. The van der Waals surface area contributed by atoms with Gasteiger partial charge in [0.05, 0.1) is 7.11 Å². The molecule has 0 unspecified atom stereocenters. The SMILES string of the molecule is COC(=O)CCc1c(C)cc2c(c1C)C(=O)CC2. The van der Waals surface area contributed by atoms with Crippen molar-refractivity contribution in [1.82, 2.24) is 0 Å². The smallest absolute Gasteiger partial charge is 0.305 e. The number of carbonyl (C=O) groups excluding carboxylic acids is 2. The molecule has 0 spiro atoms. The van der Waals surface area contributed by atoms with Crippen molar-refractivity contribution in [2.75, 3.05) is 7.11 Å². The summed E-state index contributed by atoms with van der Waals surface area (Å²) in [7, 11) is 1.40. The van der Waals surface area contributed by atoms with Crippen molar-refractivity contribution in [3.8, 4) is 0 Å². The molecule has 0 N–H and O–H groups in total. The van der Waals surface area contributed by atoms with Gasteiger partial charge in [-0.1, -0.05) is 6.07 Å². The first-order chi connectivity index (χ1) is 8.54. The number of methoxy groups -OCH3 is 1. The van der Waals surface area contributed by atoms with Gasteiger partial charge in [0.15, 0.2) is 5.78 Å². The standard InChI is InChI=1S/C15H18O3/c1-9-8-11-4-6-13(16)15(11)10(2)12(9)5-7-14(17)18-3/h8H,4-7H2,1-3H3. The van der Waals surface area contributed by atoms with Gasteiger partial charge in [0, 0.05) is 18.4 Å². The number of esters is 1. The Morgan fingerprint density at radius 2 is 2.06 bits per heavy atom. The van der Waals surface area contributed by atoms with E-state index in [1.54, 1.807) is 0 Å². The zero-order chi connectivity index (χ0) is 13.3. The number of rotatable bonds is 3. The van der Waals surface area contributed by atoms with Gasteiger partial charge in [0.2, 0.25) is 0 Å². The summed E-state index contributed by atoms with van der Waals surface area (Å²) in [6.45, 7) is 4.03. The summed E-state index contributed by atoms with van der Waals surface area (Å²) in [6, 6.07) is 2.10. The van der Waals surface area contributed by atoms with E-state index < -0.39 is 0 Å². The van der Waals surface area contributed by atoms with Gasteiger partial charge in [-0.05, 0) is 48.9 Å². The molecule has 0 saturated carbocycles. The Morgan fingerprint density at radius 3 is 2.72 bits per heavy atom. The van der Waals surface area contributed by atoms with Gasteiger partial charge in [0.1, 0.15) is 0 Å². The Morgan fingerprint density at radius 1 is 1.33 bits per heavy atom. The van der Waals surface area contributed by atoms with Crippen LogP contribution in [0.25, 0.3) is 0 Å². The maximum Gasteiger partial charge on any atom is 0.305 e. The van der Waals surface area contributed by atoms with Crippen molar-refractivity contribution >= 4 is 11.8 Å². The Hall–Kier alpha value is -1.64. The largest absolute Gasteiger partial charge is 0.469 e. The Labute approximate surface area is 107 Å². The molecule has 0 atom stereocenters. The molecule has 1 aromatic rings. The molecule has 0 aliphatic heterocycles. The van der Waals surface area contributed by atoms with E-state index in [1.807, 2.05) is 13.8 Å². The van der Waals surface area contributed by atoms with Crippen molar-refractivity contribution in [2.24, 2.45) is 0 Å². The van der Waals surface area contributed by atoms with Gasteiger partial charge in [-0.15, -0.1) is 0 Å². The minimum atomic E-state index is -0.208. The zero-order valence-corrected chi connectivity index (χ0v) is 11.1. The van der Waals surface area contributed by atoms with Crippen molar-refractivity contribution in [2.45, 2.75) is 39.5 Å². The minimum Gasteiger partial charge on any atom is -0.469 e. The molecule has 3 nitrogen and oxygen atoms in total. The van der Waals surface area contributed by atoms with Crippen LogP contribution < -0.4 is 0 Å². The van der Waals surface area contributed by atoms with Crippen LogP contribution in [-0.4, -0.2) is 18.9 Å². The number of Topliss-reactive ketones (excluding diaryl/α,β-unsaturated/α-hetero) is 1. The summed E-state index contributed by atoms with van der Waals surface area (Å²) in [5.74, 6) is 0.0300. The first-order valence-electron chi connectivity index (χ1n) is 6.26. The minimum absolute atomic E-state index is 0.208. The highest BCUT2D eigenvalue weighted by Gasteiger charge is 2.24. The molecule has 1 aliphatic carbocycles. The summed E-state index contributed by atoms with van der Waals surface area (Å²) >= 11 is 0. The number of ketones is 1. The third kappa shape index (κ3) is 2.17. The molecule has 1 aliphatic rings. The summed E-state index contributed by atoms with van der Waals surface area (Å²) < 4.78 is 4.66. The van der Waals surface area contributed by atoms with Crippen LogP contribution in [0.5, 0.6) is 0 Å². The molecule has 3 heteroatoms. The number of hydrogen-bond acceptors (Lipinski definition) is 3. The summed E-state index contributed by atoms with van der Waals surface area (Å²) in [4.78, 5) is 23.1. The Bertz CT molecular complexity index is 515. The lowest BCUT2D eigenvalue weighted by atomic mass is 9.91. The third-order valence-corrected chi connectivity index (χ3v) is 3.72. The van der Waals surface area contributed by atoms with E-state index in [1.165, 1.54) is 12.7 Å². The number of benzene rings is 1. The molecule has 0 bridgehead atoms. The molecule has 0 heterocycles. The quantitative estimate of drug-likeness (QED) is 0.770. The number of hydrogen-bond donors (Lipinski definition) is 0. The molecule has 18 heavy (non-hydrogen) atoms. The molecular formula is C15H18O3. The van der Waals surface area contributed by atoms with Crippen molar-refractivity contribution < 1.29 is 14.3 Å². The van der Waals surface area contributed by atoms with Crippen LogP contribution in [0.2, 0.25) is 0 Å². The highest BCUT2D eigenvalue weighted by atomic mass is 16.5. The summed E-state index contributed by atoms with van der Waals surface area (Å²) in [5.41, 5.74) is 5.40. The van der Waals surface area contributed by atoms with E-state index in [0.29, 0.717) is 19.3 Å². The first-order valence-corrected chi connectivity index (χ1v) is 6.26. The van der Waals surface area contributed by atoms with E-state index in [4.69, 9.17) is 0 Å². The number of ether oxygens (including phenoxy) is 1. The van der Waals surface area contributed by atoms with Crippen LogP contribution in [-0.2, 0) is 22.4 Å². The van der Waals surface area contributed by atoms with Crippen LogP contribution in [0.4, 0.5) is 0 Å². The molecule has 0 fully saturated rings. The molecule has 0 amide bonds. The van der Waals surface area contributed by atoms with Crippen LogP contribution in [0, 0.1) is 13.8 Å². The van der Waals surface area contributed by atoms with Crippen molar-refractivity contribution in [3.05, 3.63) is 33.9 Å². The van der Waals surface area contributed by atoms with Gasteiger partial charge in [-0.25, -0.2) is 0 Å². The molecule has 0 radical (unpaired) electrons. The van der Waals surface area contributed by atoms with Crippen LogP contribution in [0.3, 0.4) is 0 Å². The van der Waals surface area contributed by atoms with Crippen molar-refractivity contribution in [1.29, 1.82) is 0 Å². The van der Waals surface area contributed by atoms with E-state index >= 15 is 0 Å². The number of fused-ring (bicyclic) bond motifs is 1. The average Bonchev–Trinajstić information content (AvgIpc) is 2.70. The Kier molecular flexibility index (Phi) is 3.50. The van der Waals surface area contributed by atoms with Crippen LogP contribution in [0.15, 0.2) is 6.07 Å². The molecule has 0 saturated heterocycles. The summed E-state index contributed by atoms with van der Waals surface area (Å²) in [5, 5.41) is 0. The monoisotopic (exact) mass is 246 g/mol. The van der Waals surface area contributed by atoms with E-state index in [-0.39, 0.29) is 11.8 Å². The molecule has 96 valence electrons. The maximum atomic E-state index is 11.9. The predicted molar refractivity (Wildman–Crippen MR) is 68.9 cm³/mol. The van der Waals surface area contributed by atoms with Crippen LogP contribution in [0.1, 0.15) is 45.5 Å². The Balaban J connectivity index is 2.34. The lowest BCUT2D eigenvalue weighted by Crippen LogP contribution is -2.07. The normalized spacial score (nSPS) is 13.6.